The third-order valence-electron chi connectivity index (χ3n) is 3.49. The number of benzene rings is 1. The molecule has 1 aliphatic rings. The highest BCUT2D eigenvalue weighted by Gasteiger charge is 2.43. The van der Waals surface area contributed by atoms with Crippen molar-refractivity contribution in [3.63, 3.8) is 0 Å². The molecule has 2 unspecified atom stereocenters. The van der Waals surface area contributed by atoms with Gasteiger partial charge >= 0.3 is 12.1 Å². The molecular weight excluding hydrogens is 294 g/mol. The largest absolute Gasteiger partial charge is 0.481 e. The Balaban J connectivity index is 2.51. The van der Waals surface area contributed by atoms with E-state index in [2.05, 4.69) is 0 Å². The summed E-state index contributed by atoms with van der Waals surface area (Å²) >= 11 is 0. The lowest BCUT2D eigenvalue weighted by Gasteiger charge is -2.24. The number of nitrogens with zero attached hydrogens (tertiary/aromatic N) is 1. The Morgan fingerprint density at radius 3 is 2.48 bits per heavy atom. The van der Waals surface area contributed by atoms with Crippen LogP contribution in [0, 0.1) is 11.7 Å². The Hall–Kier alpha value is -2.12. The summed E-state index contributed by atoms with van der Waals surface area (Å²) in [4.78, 5) is 23.8. The third-order valence-corrected chi connectivity index (χ3v) is 3.49. The minimum atomic E-state index is -4.75. The zero-order chi connectivity index (χ0) is 15.9. The van der Waals surface area contributed by atoms with Gasteiger partial charge in [-0.1, -0.05) is 0 Å². The molecule has 0 spiro atoms. The Kier molecular flexibility index (Phi) is 3.65. The van der Waals surface area contributed by atoms with Crippen molar-refractivity contribution in [1.29, 1.82) is 0 Å². The number of amides is 1. The predicted molar refractivity (Wildman–Crippen MR) is 62.7 cm³/mol. The van der Waals surface area contributed by atoms with Gasteiger partial charge in [0.05, 0.1) is 17.5 Å². The van der Waals surface area contributed by atoms with Crippen LogP contribution in [0.5, 0.6) is 0 Å². The molecule has 1 N–H and O–H groups in total. The Morgan fingerprint density at radius 2 is 1.95 bits per heavy atom. The van der Waals surface area contributed by atoms with Crippen molar-refractivity contribution < 1.29 is 32.3 Å². The average molecular weight is 305 g/mol. The lowest BCUT2D eigenvalue weighted by atomic mass is 9.92. The van der Waals surface area contributed by atoms with E-state index in [1.54, 1.807) is 0 Å². The van der Waals surface area contributed by atoms with Gasteiger partial charge in [-0.25, -0.2) is 4.39 Å². The molecule has 0 bridgehead atoms. The van der Waals surface area contributed by atoms with Gasteiger partial charge in [0, 0.05) is 13.5 Å². The average Bonchev–Trinajstić information content (AvgIpc) is 2.64. The third kappa shape index (κ3) is 2.84. The van der Waals surface area contributed by atoms with Crippen molar-refractivity contribution in [2.45, 2.75) is 18.6 Å². The van der Waals surface area contributed by atoms with E-state index < -0.39 is 41.4 Å². The van der Waals surface area contributed by atoms with Gasteiger partial charge in [-0.05, 0) is 23.8 Å². The van der Waals surface area contributed by atoms with Crippen LogP contribution >= 0.6 is 0 Å². The van der Waals surface area contributed by atoms with Crippen molar-refractivity contribution in [2.24, 2.45) is 5.92 Å². The summed E-state index contributed by atoms with van der Waals surface area (Å²) in [5.41, 5.74) is -1.39. The first kappa shape index (κ1) is 15.3. The number of hydrogen-bond donors (Lipinski definition) is 1. The summed E-state index contributed by atoms with van der Waals surface area (Å²) < 4.78 is 51.5. The quantitative estimate of drug-likeness (QED) is 0.854. The molecule has 1 heterocycles. The highest BCUT2D eigenvalue weighted by molar-refractivity contribution is 5.87. The second kappa shape index (κ2) is 5.01. The van der Waals surface area contributed by atoms with Gasteiger partial charge in [0.2, 0.25) is 5.91 Å². The molecule has 0 saturated carbocycles. The van der Waals surface area contributed by atoms with Gasteiger partial charge < -0.3 is 10.0 Å². The highest BCUT2D eigenvalue weighted by atomic mass is 19.4. The lowest BCUT2D eigenvalue weighted by Crippen LogP contribution is -2.27. The van der Waals surface area contributed by atoms with Crippen molar-refractivity contribution in [3.05, 3.63) is 35.1 Å². The number of carbonyl (C=O) groups is 2. The van der Waals surface area contributed by atoms with Crippen LogP contribution in [0.25, 0.3) is 0 Å². The van der Waals surface area contributed by atoms with E-state index in [1.165, 1.54) is 7.05 Å². The van der Waals surface area contributed by atoms with Crippen molar-refractivity contribution >= 4 is 11.9 Å². The van der Waals surface area contributed by atoms with E-state index in [4.69, 9.17) is 5.11 Å². The lowest BCUT2D eigenvalue weighted by molar-refractivity contribution is -0.142. The van der Waals surface area contributed by atoms with Gasteiger partial charge in [-0.3, -0.25) is 9.59 Å². The van der Waals surface area contributed by atoms with E-state index in [0.717, 1.165) is 11.0 Å². The highest BCUT2D eigenvalue weighted by Crippen LogP contribution is 2.39. The Labute approximate surface area is 117 Å². The molecule has 0 aromatic heterocycles. The molecule has 1 amide bonds. The first-order chi connectivity index (χ1) is 9.61. The normalized spacial score (nSPS) is 22.7. The Morgan fingerprint density at radius 1 is 1.33 bits per heavy atom. The maximum Gasteiger partial charge on any atom is 0.416 e. The number of halogens is 4. The second-order valence-corrected chi connectivity index (χ2v) is 4.87. The molecule has 1 aromatic rings. The van der Waals surface area contributed by atoms with Crippen LogP contribution in [0.2, 0.25) is 0 Å². The first-order valence-corrected chi connectivity index (χ1v) is 5.97. The van der Waals surface area contributed by atoms with E-state index in [1.807, 2.05) is 0 Å². The molecule has 2 atom stereocenters. The van der Waals surface area contributed by atoms with Crippen molar-refractivity contribution in [1.82, 2.24) is 4.90 Å². The summed E-state index contributed by atoms with van der Waals surface area (Å²) in [6, 6.07) is 0.714. The summed E-state index contributed by atoms with van der Waals surface area (Å²) in [5, 5.41) is 9.08. The molecule has 114 valence electrons. The van der Waals surface area contributed by atoms with Crippen molar-refractivity contribution in [2.75, 3.05) is 7.05 Å². The molecule has 1 fully saturated rings. The molecule has 0 radical (unpaired) electrons. The standard InChI is InChI=1S/C13H11F4NO3/c1-18-10(19)5-9(12(20)21)11(18)6-2-7(13(15,16)17)4-8(14)3-6/h2-4,9,11H,5H2,1H3,(H,20,21). The van der Waals surface area contributed by atoms with Crippen LogP contribution in [-0.4, -0.2) is 28.9 Å². The van der Waals surface area contributed by atoms with Gasteiger partial charge in [-0.2, -0.15) is 13.2 Å². The minimum absolute atomic E-state index is 0.178. The van der Waals surface area contributed by atoms with Gasteiger partial charge in [0.1, 0.15) is 5.82 Å². The Bertz CT molecular complexity index is 600. The van der Waals surface area contributed by atoms with Gasteiger partial charge in [-0.15, -0.1) is 0 Å². The van der Waals surface area contributed by atoms with E-state index in [9.17, 15) is 27.2 Å². The molecule has 8 heteroatoms. The summed E-state index contributed by atoms with van der Waals surface area (Å²) in [6.07, 6.45) is -5.08. The topological polar surface area (TPSA) is 57.6 Å². The van der Waals surface area contributed by atoms with Crippen LogP contribution < -0.4 is 0 Å². The fourth-order valence-corrected chi connectivity index (χ4v) is 2.49. The molecule has 0 aliphatic carbocycles. The number of hydrogen-bond acceptors (Lipinski definition) is 2. The number of aliphatic carboxylic acids is 1. The maximum absolute atomic E-state index is 13.4. The van der Waals surface area contributed by atoms with Crippen LogP contribution in [0.3, 0.4) is 0 Å². The molecule has 1 saturated heterocycles. The van der Waals surface area contributed by atoms with Crippen LogP contribution in [0.1, 0.15) is 23.6 Å². The number of likely N-dealkylation sites (tertiary alicyclic amines) is 1. The summed E-state index contributed by atoms with van der Waals surface area (Å²) in [7, 11) is 1.29. The monoisotopic (exact) mass is 305 g/mol. The van der Waals surface area contributed by atoms with E-state index in [0.29, 0.717) is 12.1 Å². The van der Waals surface area contributed by atoms with Crippen LogP contribution in [0.15, 0.2) is 18.2 Å². The first-order valence-electron chi connectivity index (χ1n) is 5.97. The number of carbonyl (C=O) groups excluding carboxylic acids is 1. The van der Waals surface area contributed by atoms with Crippen LogP contribution in [0.4, 0.5) is 17.6 Å². The second-order valence-electron chi connectivity index (χ2n) is 4.87. The fraction of sp³-hybridized carbons (Fsp3) is 0.385. The summed E-state index contributed by atoms with van der Waals surface area (Å²) in [6.45, 7) is 0. The minimum Gasteiger partial charge on any atom is -0.481 e. The molecular formula is C13H11F4NO3. The number of rotatable bonds is 2. The molecule has 1 aromatic carbocycles. The zero-order valence-electron chi connectivity index (χ0n) is 10.8. The zero-order valence-corrected chi connectivity index (χ0v) is 10.8. The molecule has 21 heavy (non-hydrogen) atoms. The number of carboxylic acid groups (broad SMARTS) is 1. The number of alkyl halides is 3. The molecule has 4 nitrogen and oxygen atoms in total. The van der Waals surface area contributed by atoms with Crippen LogP contribution in [-0.2, 0) is 15.8 Å². The molecule has 1 aliphatic heterocycles. The van der Waals surface area contributed by atoms with Gasteiger partial charge in [0.25, 0.3) is 0 Å². The summed E-state index contributed by atoms with van der Waals surface area (Å²) in [5.74, 6) is -4.15. The smallest absolute Gasteiger partial charge is 0.416 e. The number of carboxylic acids is 1. The maximum atomic E-state index is 13.4. The van der Waals surface area contributed by atoms with E-state index in [-0.39, 0.29) is 12.0 Å². The SMILES string of the molecule is CN1C(=O)CC(C(=O)O)C1c1cc(F)cc(C(F)(F)F)c1. The van der Waals surface area contributed by atoms with Gasteiger partial charge in [0.15, 0.2) is 0 Å². The molecule has 2 rings (SSSR count). The fourth-order valence-electron chi connectivity index (χ4n) is 2.49. The predicted octanol–water partition coefficient (Wildman–Crippen LogP) is 2.45. The van der Waals surface area contributed by atoms with E-state index >= 15 is 0 Å². The van der Waals surface area contributed by atoms with Crippen molar-refractivity contribution in [3.8, 4) is 0 Å².